The van der Waals surface area contributed by atoms with Crippen LogP contribution >= 0.6 is 0 Å². The lowest BCUT2D eigenvalue weighted by Gasteiger charge is -2.11. The lowest BCUT2D eigenvalue weighted by molar-refractivity contribution is 0.0963. The first-order chi connectivity index (χ1) is 8.17. The second kappa shape index (κ2) is 6.86. The van der Waals surface area contributed by atoms with Crippen LogP contribution in [-0.4, -0.2) is 19.0 Å². The molecule has 3 heteroatoms. The molecule has 92 valence electrons. The van der Waals surface area contributed by atoms with Crippen LogP contribution in [0.1, 0.15) is 29.3 Å². The molecular formula is C14H20N2O. The molecule has 17 heavy (non-hydrogen) atoms. The molecule has 0 aromatic heterocycles. The van der Waals surface area contributed by atoms with Gasteiger partial charge in [0.25, 0.3) is 5.91 Å². The van der Waals surface area contributed by atoms with Crippen molar-refractivity contribution in [3.8, 4) is 0 Å². The highest BCUT2D eigenvalue weighted by molar-refractivity contribution is 5.93. The Morgan fingerprint density at radius 1 is 1.41 bits per heavy atom. The van der Waals surface area contributed by atoms with E-state index in [4.69, 9.17) is 0 Å². The number of rotatable bonds is 6. The van der Waals surface area contributed by atoms with Crippen LogP contribution < -0.4 is 10.6 Å². The molecule has 0 saturated carbocycles. The van der Waals surface area contributed by atoms with Crippen LogP contribution in [0.3, 0.4) is 0 Å². The van der Waals surface area contributed by atoms with Crippen molar-refractivity contribution in [3.63, 3.8) is 0 Å². The van der Waals surface area contributed by atoms with Gasteiger partial charge in [-0.15, -0.1) is 6.58 Å². The summed E-state index contributed by atoms with van der Waals surface area (Å²) in [6.07, 6.45) is 2.86. The Morgan fingerprint density at radius 2 is 2.06 bits per heavy atom. The third-order valence-corrected chi connectivity index (χ3v) is 2.62. The van der Waals surface area contributed by atoms with Crippen molar-refractivity contribution in [2.45, 2.75) is 25.9 Å². The first-order valence-corrected chi connectivity index (χ1v) is 5.82. The average molecular weight is 232 g/mol. The molecule has 0 heterocycles. The molecule has 1 aromatic carbocycles. The molecule has 1 amide bonds. The predicted molar refractivity (Wildman–Crippen MR) is 70.9 cm³/mol. The fourth-order valence-corrected chi connectivity index (χ4v) is 1.54. The highest BCUT2D eigenvalue weighted by Crippen LogP contribution is 2.05. The van der Waals surface area contributed by atoms with Crippen molar-refractivity contribution in [3.05, 3.63) is 48.0 Å². The van der Waals surface area contributed by atoms with Gasteiger partial charge in [0.05, 0.1) is 0 Å². The fraction of sp³-hybridized carbons (Fsp3) is 0.357. The Kier molecular flexibility index (Phi) is 5.43. The van der Waals surface area contributed by atoms with E-state index in [0.29, 0.717) is 11.6 Å². The molecule has 2 N–H and O–H groups in total. The van der Waals surface area contributed by atoms with Crippen molar-refractivity contribution < 1.29 is 4.79 Å². The zero-order chi connectivity index (χ0) is 12.7. The number of benzene rings is 1. The summed E-state index contributed by atoms with van der Waals surface area (Å²) >= 11 is 0. The van der Waals surface area contributed by atoms with Gasteiger partial charge in [-0.3, -0.25) is 4.79 Å². The summed E-state index contributed by atoms with van der Waals surface area (Å²) in [4.78, 5) is 11.3. The summed E-state index contributed by atoms with van der Waals surface area (Å²) in [5.41, 5.74) is 1.86. The standard InChI is InChI=1S/C14H20N2O/c1-4-5-11(2)16-10-12-6-8-13(9-7-12)14(17)15-3/h4,6-9,11,16H,1,5,10H2,2-3H3,(H,15,17). The lowest BCUT2D eigenvalue weighted by atomic mass is 10.1. The van der Waals surface area contributed by atoms with Crippen LogP contribution in [0.4, 0.5) is 0 Å². The lowest BCUT2D eigenvalue weighted by Crippen LogP contribution is -2.24. The van der Waals surface area contributed by atoms with E-state index >= 15 is 0 Å². The van der Waals surface area contributed by atoms with Crippen molar-refractivity contribution in [1.82, 2.24) is 10.6 Å². The van der Waals surface area contributed by atoms with E-state index in [0.717, 1.165) is 13.0 Å². The third-order valence-electron chi connectivity index (χ3n) is 2.62. The van der Waals surface area contributed by atoms with E-state index in [-0.39, 0.29) is 5.91 Å². The van der Waals surface area contributed by atoms with Gasteiger partial charge in [-0.25, -0.2) is 0 Å². The maximum Gasteiger partial charge on any atom is 0.251 e. The largest absolute Gasteiger partial charge is 0.355 e. The number of amides is 1. The minimum absolute atomic E-state index is 0.0514. The van der Waals surface area contributed by atoms with E-state index in [1.165, 1.54) is 5.56 Å². The van der Waals surface area contributed by atoms with Crippen molar-refractivity contribution >= 4 is 5.91 Å². The molecule has 1 unspecified atom stereocenters. The number of carbonyl (C=O) groups is 1. The summed E-state index contributed by atoms with van der Waals surface area (Å²) < 4.78 is 0. The van der Waals surface area contributed by atoms with Crippen LogP contribution in [-0.2, 0) is 6.54 Å². The summed E-state index contributed by atoms with van der Waals surface area (Å²) in [5.74, 6) is -0.0514. The number of nitrogens with one attached hydrogen (secondary N) is 2. The van der Waals surface area contributed by atoms with Gasteiger partial charge in [0.2, 0.25) is 0 Å². The molecule has 0 fully saturated rings. The highest BCUT2D eigenvalue weighted by Gasteiger charge is 2.03. The molecule has 0 spiro atoms. The van der Waals surface area contributed by atoms with Crippen molar-refractivity contribution in [2.24, 2.45) is 0 Å². The average Bonchev–Trinajstić information content (AvgIpc) is 2.36. The first kappa shape index (κ1) is 13.5. The molecule has 0 bridgehead atoms. The molecule has 3 nitrogen and oxygen atoms in total. The Balaban J connectivity index is 2.51. The maximum atomic E-state index is 11.3. The van der Waals surface area contributed by atoms with Crippen LogP contribution in [0, 0.1) is 0 Å². The monoisotopic (exact) mass is 232 g/mol. The summed E-state index contributed by atoms with van der Waals surface area (Å²) in [7, 11) is 1.63. The van der Waals surface area contributed by atoms with E-state index in [1.807, 2.05) is 30.3 Å². The first-order valence-electron chi connectivity index (χ1n) is 5.82. The molecule has 1 aromatic rings. The number of carbonyl (C=O) groups excluding carboxylic acids is 1. The Morgan fingerprint density at radius 3 is 2.59 bits per heavy atom. The summed E-state index contributed by atoms with van der Waals surface area (Å²) in [5, 5.41) is 5.99. The van der Waals surface area contributed by atoms with E-state index in [1.54, 1.807) is 7.05 Å². The minimum atomic E-state index is -0.0514. The quantitative estimate of drug-likeness (QED) is 0.737. The molecule has 0 aliphatic heterocycles. The third kappa shape index (κ3) is 4.41. The zero-order valence-corrected chi connectivity index (χ0v) is 10.5. The second-order valence-electron chi connectivity index (χ2n) is 4.08. The van der Waals surface area contributed by atoms with Gasteiger partial charge < -0.3 is 10.6 Å². The van der Waals surface area contributed by atoms with Crippen molar-refractivity contribution in [1.29, 1.82) is 0 Å². The number of hydrogen-bond donors (Lipinski definition) is 2. The Bertz CT molecular complexity index is 370. The molecule has 0 aliphatic carbocycles. The van der Waals surface area contributed by atoms with E-state index in [9.17, 15) is 4.79 Å². The van der Waals surface area contributed by atoms with Gasteiger partial charge in [-0.1, -0.05) is 18.2 Å². The van der Waals surface area contributed by atoms with Gasteiger partial charge in [-0.2, -0.15) is 0 Å². The fourth-order valence-electron chi connectivity index (χ4n) is 1.54. The Hall–Kier alpha value is -1.61. The SMILES string of the molecule is C=CCC(C)NCc1ccc(C(=O)NC)cc1. The Labute approximate surface area is 103 Å². The van der Waals surface area contributed by atoms with E-state index in [2.05, 4.69) is 24.1 Å². The maximum absolute atomic E-state index is 11.3. The zero-order valence-electron chi connectivity index (χ0n) is 10.5. The second-order valence-corrected chi connectivity index (χ2v) is 4.08. The molecule has 0 saturated heterocycles. The predicted octanol–water partition coefficient (Wildman–Crippen LogP) is 2.10. The molecule has 0 aliphatic rings. The van der Waals surface area contributed by atoms with Crippen molar-refractivity contribution in [2.75, 3.05) is 7.05 Å². The molecule has 1 rings (SSSR count). The summed E-state index contributed by atoms with van der Waals surface area (Å²) in [6, 6.07) is 8.05. The van der Waals surface area contributed by atoms with Crippen LogP contribution in [0.5, 0.6) is 0 Å². The van der Waals surface area contributed by atoms with Gasteiger partial charge in [0, 0.05) is 25.2 Å². The topological polar surface area (TPSA) is 41.1 Å². The normalized spacial score (nSPS) is 11.9. The highest BCUT2D eigenvalue weighted by atomic mass is 16.1. The van der Waals surface area contributed by atoms with Crippen LogP contribution in [0.15, 0.2) is 36.9 Å². The minimum Gasteiger partial charge on any atom is -0.355 e. The van der Waals surface area contributed by atoms with Gasteiger partial charge in [-0.05, 0) is 31.0 Å². The molecular weight excluding hydrogens is 212 g/mol. The smallest absolute Gasteiger partial charge is 0.251 e. The van der Waals surface area contributed by atoms with Crippen LogP contribution in [0.25, 0.3) is 0 Å². The van der Waals surface area contributed by atoms with Gasteiger partial charge >= 0.3 is 0 Å². The summed E-state index contributed by atoms with van der Waals surface area (Å²) in [6.45, 7) is 6.65. The van der Waals surface area contributed by atoms with Gasteiger partial charge in [0.1, 0.15) is 0 Å². The van der Waals surface area contributed by atoms with E-state index < -0.39 is 0 Å². The van der Waals surface area contributed by atoms with Gasteiger partial charge in [0.15, 0.2) is 0 Å². The number of hydrogen-bond acceptors (Lipinski definition) is 2. The molecule has 1 atom stereocenters. The molecule has 0 radical (unpaired) electrons. The van der Waals surface area contributed by atoms with Crippen LogP contribution in [0.2, 0.25) is 0 Å².